The largest absolute Gasteiger partial charge is 0.342 e. The average molecular weight is 464 g/mol. The van der Waals surface area contributed by atoms with Gasteiger partial charge in [0.25, 0.3) is 0 Å². The molecule has 4 aromatic rings. The van der Waals surface area contributed by atoms with Crippen LogP contribution in [0.25, 0.3) is 10.2 Å². The summed E-state index contributed by atoms with van der Waals surface area (Å²) in [6.07, 6.45) is 2.68. The fraction of sp³-hybridized carbons (Fsp3) is 0.333. The number of aromatic nitrogens is 4. The summed E-state index contributed by atoms with van der Waals surface area (Å²) in [5.41, 5.74) is 2.28. The second-order valence-corrected chi connectivity index (χ2v) is 10.1. The molecule has 2 aromatic heterocycles. The molecule has 0 N–H and O–H groups in total. The predicted molar refractivity (Wildman–Crippen MR) is 129 cm³/mol. The van der Waals surface area contributed by atoms with Gasteiger partial charge in [0.05, 0.1) is 21.0 Å². The number of nitrogens with zero attached hydrogens (tertiary/aromatic N) is 5. The van der Waals surface area contributed by atoms with E-state index >= 15 is 0 Å². The monoisotopic (exact) mass is 463 g/mol. The van der Waals surface area contributed by atoms with Crippen molar-refractivity contribution in [2.45, 2.75) is 30.3 Å². The molecular formula is C24H25N5OS2. The standard InChI is InChI=1S/C24H25N5OS2/c1-28-21(15-17-7-3-2-4-8-17)26-27-24(28)31-16-22(30)29-13-11-18(12-14-29)23-25-19-9-5-6-10-20(19)32-23/h2-10,18H,11-16H2,1H3. The molecule has 0 saturated carbocycles. The predicted octanol–water partition coefficient (Wildman–Crippen LogP) is 4.51. The zero-order valence-electron chi connectivity index (χ0n) is 18.0. The Morgan fingerprint density at radius 1 is 1.06 bits per heavy atom. The SMILES string of the molecule is Cn1c(Cc2ccccc2)nnc1SCC(=O)N1CCC(c2nc3ccccc3s2)CC1. The van der Waals surface area contributed by atoms with E-state index in [4.69, 9.17) is 4.98 Å². The third-order valence-electron chi connectivity index (χ3n) is 5.96. The first-order valence-corrected chi connectivity index (χ1v) is 12.7. The number of benzene rings is 2. The molecule has 0 aliphatic carbocycles. The van der Waals surface area contributed by atoms with Crippen LogP contribution in [0.2, 0.25) is 0 Å². The summed E-state index contributed by atoms with van der Waals surface area (Å²) in [5, 5.41) is 10.6. The molecule has 5 rings (SSSR count). The molecule has 0 unspecified atom stereocenters. The Bertz CT molecular complexity index is 1180. The van der Waals surface area contributed by atoms with Gasteiger partial charge in [0.2, 0.25) is 5.91 Å². The summed E-state index contributed by atoms with van der Waals surface area (Å²) >= 11 is 3.26. The van der Waals surface area contributed by atoms with Gasteiger partial charge in [-0.2, -0.15) is 0 Å². The van der Waals surface area contributed by atoms with Crippen molar-refractivity contribution in [1.29, 1.82) is 0 Å². The summed E-state index contributed by atoms with van der Waals surface area (Å²) in [6, 6.07) is 18.5. The van der Waals surface area contributed by atoms with E-state index in [2.05, 4.69) is 40.5 Å². The number of hydrogen-bond acceptors (Lipinski definition) is 6. The number of rotatable bonds is 6. The van der Waals surface area contributed by atoms with Gasteiger partial charge in [-0.15, -0.1) is 21.5 Å². The quantitative estimate of drug-likeness (QED) is 0.394. The van der Waals surface area contributed by atoms with E-state index in [1.54, 1.807) is 11.3 Å². The lowest BCUT2D eigenvalue weighted by molar-refractivity contribution is -0.129. The summed E-state index contributed by atoms with van der Waals surface area (Å²) in [7, 11) is 1.97. The van der Waals surface area contributed by atoms with E-state index in [1.807, 2.05) is 40.8 Å². The molecule has 1 fully saturated rings. The first kappa shape index (κ1) is 21.2. The average Bonchev–Trinajstić information content (AvgIpc) is 3.42. The fourth-order valence-corrected chi connectivity index (χ4v) is 6.03. The number of piperidine rings is 1. The highest BCUT2D eigenvalue weighted by Crippen LogP contribution is 2.34. The summed E-state index contributed by atoms with van der Waals surface area (Å²) in [4.78, 5) is 19.6. The van der Waals surface area contributed by atoms with E-state index in [0.29, 0.717) is 11.7 Å². The molecule has 0 radical (unpaired) electrons. The highest BCUT2D eigenvalue weighted by molar-refractivity contribution is 7.99. The molecule has 1 amide bonds. The second kappa shape index (κ2) is 9.42. The van der Waals surface area contributed by atoms with Gasteiger partial charge in [0.15, 0.2) is 5.16 Å². The number of para-hydroxylation sites is 1. The van der Waals surface area contributed by atoms with E-state index < -0.39 is 0 Å². The summed E-state index contributed by atoms with van der Waals surface area (Å²) < 4.78 is 3.23. The zero-order valence-corrected chi connectivity index (χ0v) is 19.6. The number of thiazole rings is 1. The minimum absolute atomic E-state index is 0.172. The molecule has 32 heavy (non-hydrogen) atoms. The lowest BCUT2D eigenvalue weighted by Gasteiger charge is -2.31. The number of amides is 1. The highest BCUT2D eigenvalue weighted by Gasteiger charge is 2.26. The molecule has 0 spiro atoms. The number of likely N-dealkylation sites (tertiary alicyclic amines) is 1. The van der Waals surface area contributed by atoms with Crippen molar-refractivity contribution in [2.24, 2.45) is 7.05 Å². The van der Waals surface area contributed by atoms with Crippen molar-refractivity contribution in [3.63, 3.8) is 0 Å². The van der Waals surface area contributed by atoms with Gasteiger partial charge in [0.1, 0.15) is 5.82 Å². The van der Waals surface area contributed by atoms with Gasteiger partial charge in [-0.3, -0.25) is 4.79 Å². The number of fused-ring (bicyclic) bond motifs is 1. The van der Waals surface area contributed by atoms with Crippen LogP contribution in [0, 0.1) is 0 Å². The van der Waals surface area contributed by atoms with Crippen molar-refractivity contribution in [2.75, 3.05) is 18.8 Å². The Labute approximate surface area is 195 Å². The van der Waals surface area contributed by atoms with Crippen LogP contribution < -0.4 is 0 Å². The van der Waals surface area contributed by atoms with Gasteiger partial charge >= 0.3 is 0 Å². The summed E-state index contributed by atoms with van der Waals surface area (Å²) in [5.74, 6) is 1.92. The Balaban J connectivity index is 1.14. The number of hydrogen-bond donors (Lipinski definition) is 0. The van der Waals surface area contributed by atoms with Crippen LogP contribution >= 0.6 is 23.1 Å². The second-order valence-electron chi connectivity index (χ2n) is 8.08. The van der Waals surface area contributed by atoms with Crippen molar-refractivity contribution in [3.05, 3.63) is 71.0 Å². The first-order valence-electron chi connectivity index (χ1n) is 10.9. The van der Waals surface area contributed by atoms with Gasteiger partial charge in [0, 0.05) is 32.5 Å². The lowest BCUT2D eigenvalue weighted by Crippen LogP contribution is -2.39. The fourth-order valence-electron chi connectivity index (χ4n) is 4.06. The minimum Gasteiger partial charge on any atom is -0.342 e. The Morgan fingerprint density at radius 3 is 2.59 bits per heavy atom. The van der Waals surface area contributed by atoms with Crippen molar-refractivity contribution in [3.8, 4) is 0 Å². The van der Waals surface area contributed by atoms with Crippen LogP contribution in [-0.4, -0.2) is 49.4 Å². The number of carbonyl (C=O) groups is 1. The van der Waals surface area contributed by atoms with Crippen LogP contribution in [0.1, 0.15) is 35.2 Å². The molecule has 6 nitrogen and oxygen atoms in total. The molecule has 164 valence electrons. The van der Waals surface area contributed by atoms with E-state index in [1.165, 1.54) is 27.0 Å². The Morgan fingerprint density at radius 2 is 1.81 bits per heavy atom. The highest BCUT2D eigenvalue weighted by atomic mass is 32.2. The van der Waals surface area contributed by atoms with Crippen molar-refractivity contribution >= 4 is 39.2 Å². The Hall–Kier alpha value is -2.71. The molecule has 8 heteroatoms. The van der Waals surface area contributed by atoms with Gasteiger partial charge in [-0.1, -0.05) is 54.2 Å². The molecular weight excluding hydrogens is 438 g/mol. The van der Waals surface area contributed by atoms with Crippen molar-refractivity contribution in [1.82, 2.24) is 24.6 Å². The number of carbonyl (C=O) groups excluding carboxylic acids is 1. The van der Waals surface area contributed by atoms with Crippen molar-refractivity contribution < 1.29 is 4.79 Å². The molecule has 2 aromatic carbocycles. The maximum Gasteiger partial charge on any atom is 0.233 e. The smallest absolute Gasteiger partial charge is 0.233 e. The summed E-state index contributed by atoms with van der Waals surface area (Å²) in [6.45, 7) is 1.58. The third kappa shape index (κ3) is 4.56. The van der Waals surface area contributed by atoms with E-state index in [0.717, 1.165) is 48.8 Å². The van der Waals surface area contributed by atoms with Crippen LogP contribution in [0.3, 0.4) is 0 Å². The molecule has 1 saturated heterocycles. The lowest BCUT2D eigenvalue weighted by atomic mass is 9.97. The molecule has 3 heterocycles. The zero-order chi connectivity index (χ0) is 21.9. The topological polar surface area (TPSA) is 63.9 Å². The molecule has 1 aliphatic heterocycles. The van der Waals surface area contributed by atoms with Crippen LogP contribution in [0.4, 0.5) is 0 Å². The maximum atomic E-state index is 12.8. The third-order valence-corrected chi connectivity index (χ3v) is 8.17. The van der Waals surface area contributed by atoms with Gasteiger partial charge < -0.3 is 9.47 Å². The van der Waals surface area contributed by atoms with Gasteiger partial charge in [-0.25, -0.2) is 4.98 Å². The molecule has 1 aliphatic rings. The minimum atomic E-state index is 0.172. The number of thioether (sulfide) groups is 1. The molecule has 0 atom stereocenters. The van der Waals surface area contributed by atoms with Crippen LogP contribution in [-0.2, 0) is 18.3 Å². The van der Waals surface area contributed by atoms with E-state index in [-0.39, 0.29) is 5.91 Å². The van der Waals surface area contributed by atoms with Gasteiger partial charge in [-0.05, 0) is 30.5 Å². The molecule has 0 bridgehead atoms. The van der Waals surface area contributed by atoms with Crippen LogP contribution in [0.15, 0.2) is 59.8 Å². The first-order chi connectivity index (χ1) is 15.7. The van der Waals surface area contributed by atoms with Crippen LogP contribution in [0.5, 0.6) is 0 Å². The normalized spacial score (nSPS) is 14.8. The Kier molecular flexibility index (Phi) is 6.23. The van der Waals surface area contributed by atoms with E-state index in [9.17, 15) is 4.79 Å². The maximum absolute atomic E-state index is 12.8.